The topological polar surface area (TPSA) is 64.0 Å². The van der Waals surface area contributed by atoms with E-state index >= 15 is 0 Å². The summed E-state index contributed by atoms with van der Waals surface area (Å²) in [6, 6.07) is 12.8. The maximum absolute atomic E-state index is 12.4. The molecular formula is C16H13N3O2. The van der Waals surface area contributed by atoms with E-state index in [-0.39, 0.29) is 11.0 Å². The largest absolute Gasteiger partial charge is 0.355 e. The van der Waals surface area contributed by atoms with E-state index in [9.17, 15) is 9.59 Å². The lowest BCUT2D eigenvalue weighted by Gasteiger charge is -2.12. The van der Waals surface area contributed by atoms with Crippen LogP contribution in [0.4, 0.5) is 0 Å². The molecule has 0 bridgehead atoms. The minimum Gasteiger partial charge on any atom is -0.355 e. The smallest absolute Gasteiger partial charge is 0.256 e. The van der Waals surface area contributed by atoms with Gasteiger partial charge in [0.25, 0.3) is 5.91 Å². The molecule has 1 N–H and O–H groups in total. The summed E-state index contributed by atoms with van der Waals surface area (Å²) in [6.07, 6.45) is 3.16. The Hall–Kier alpha value is -2.95. The second-order valence-corrected chi connectivity index (χ2v) is 4.53. The van der Waals surface area contributed by atoms with Crippen LogP contribution in [0.2, 0.25) is 0 Å². The van der Waals surface area contributed by atoms with Crippen LogP contribution in [0.5, 0.6) is 0 Å². The minimum absolute atomic E-state index is 0.0989. The molecule has 104 valence electrons. The molecule has 3 rings (SSSR count). The highest BCUT2D eigenvalue weighted by Crippen LogP contribution is 2.15. The molecular weight excluding hydrogens is 266 g/mol. The van der Waals surface area contributed by atoms with Gasteiger partial charge in [-0.15, -0.1) is 0 Å². The molecule has 2 heterocycles. The van der Waals surface area contributed by atoms with Crippen LogP contribution in [-0.4, -0.2) is 22.5 Å². The van der Waals surface area contributed by atoms with Crippen molar-refractivity contribution in [1.82, 2.24) is 14.9 Å². The Balaban J connectivity index is 2.41. The van der Waals surface area contributed by atoms with Crippen LogP contribution in [0.25, 0.3) is 16.7 Å². The number of benzene rings is 1. The van der Waals surface area contributed by atoms with Gasteiger partial charge in [0.15, 0.2) is 0 Å². The molecule has 0 aliphatic rings. The first-order valence-electron chi connectivity index (χ1n) is 6.50. The lowest BCUT2D eigenvalue weighted by Crippen LogP contribution is -2.27. The zero-order valence-electron chi connectivity index (χ0n) is 11.4. The van der Waals surface area contributed by atoms with E-state index in [1.54, 1.807) is 22.9 Å². The van der Waals surface area contributed by atoms with E-state index in [0.29, 0.717) is 11.0 Å². The third kappa shape index (κ3) is 2.18. The summed E-state index contributed by atoms with van der Waals surface area (Å²) < 4.78 is 1.75. The van der Waals surface area contributed by atoms with Crippen molar-refractivity contribution in [3.8, 4) is 5.69 Å². The lowest BCUT2D eigenvalue weighted by molar-refractivity contribution is 0.0961. The van der Waals surface area contributed by atoms with Gasteiger partial charge in [-0.05, 0) is 24.3 Å². The highest BCUT2D eigenvalue weighted by atomic mass is 16.2. The summed E-state index contributed by atoms with van der Waals surface area (Å²) in [4.78, 5) is 28.6. The molecule has 21 heavy (non-hydrogen) atoms. The number of nitrogens with one attached hydrogen (secondary N) is 1. The molecule has 0 aliphatic carbocycles. The normalized spacial score (nSPS) is 10.5. The van der Waals surface area contributed by atoms with Gasteiger partial charge >= 0.3 is 0 Å². The Labute approximate surface area is 120 Å². The lowest BCUT2D eigenvalue weighted by atomic mass is 10.1. The molecule has 0 aliphatic heterocycles. The molecule has 0 atom stereocenters. The monoisotopic (exact) mass is 279 g/mol. The van der Waals surface area contributed by atoms with Crippen molar-refractivity contribution < 1.29 is 4.79 Å². The van der Waals surface area contributed by atoms with Crippen molar-refractivity contribution in [3.05, 3.63) is 70.6 Å². The summed E-state index contributed by atoms with van der Waals surface area (Å²) in [5, 5.41) is 2.91. The predicted molar refractivity (Wildman–Crippen MR) is 80.7 cm³/mol. The van der Waals surface area contributed by atoms with Crippen molar-refractivity contribution in [2.75, 3.05) is 7.05 Å². The van der Waals surface area contributed by atoms with Gasteiger partial charge in [-0.25, -0.2) is 4.98 Å². The average molecular weight is 279 g/mol. The Kier molecular flexibility index (Phi) is 3.23. The van der Waals surface area contributed by atoms with Crippen molar-refractivity contribution in [1.29, 1.82) is 0 Å². The number of carbonyl (C=O) groups excluding carboxylic acids is 1. The van der Waals surface area contributed by atoms with Gasteiger partial charge in [0.05, 0.1) is 5.39 Å². The first-order chi connectivity index (χ1) is 10.2. The van der Waals surface area contributed by atoms with Gasteiger partial charge in [0.2, 0.25) is 5.43 Å². The van der Waals surface area contributed by atoms with Crippen LogP contribution in [0.15, 0.2) is 59.7 Å². The zero-order valence-corrected chi connectivity index (χ0v) is 11.4. The van der Waals surface area contributed by atoms with E-state index in [1.165, 1.54) is 13.2 Å². The Morgan fingerprint density at radius 2 is 1.90 bits per heavy atom. The standard InChI is InChI=1S/C16H13N3O2/c1-17-16(21)13-10-19(11-6-3-2-4-7-11)15-12(14(13)20)8-5-9-18-15/h2-10H,1H3,(H,17,21). The van der Waals surface area contributed by atoms with Crippen molar-refractivity contribution >= 4 is 16.9 Å². The predicted octanol–water partition coefficient (Wildman–Crippen LogP) is 1.75. The maximum Gasteiger partial charge on any atom is 0.256 e. The van der Waals surface area contributed by atoms with Gasteiger partial charge in [0.1, 0.15) is 11.2 Å². The van der Waals surface area contributed by atoms with Gasteiger partial charge in [-0.1, -0.05) is 18.2 Å². The quantitative estimate of drug-likeness (QED) is 0.777. The number of rotatable bonds is 2. The van der Waals surface area contributed by atoms with Crippen LogP contribution >= 0.6 is 0 Å². The number of fused-ring (bicyclic) bond motifs is 1. The fraction of sp³-hybridized carbons (Fsp3) is 0.0625. The summed E-state index contributed by atoms with van der Waals surface area (Å²) in [5.74, 6) is -0.407. The molecule has 5 heteroatoms. The van der Waals surface area contributed by atoms with E-state index < -0.39 is 5.91 Å². The molecule has 0 saturated carbocycles. The number of hydrogen-bond donors (Lipinski definition) is 1. The third-order valence-electron chi connectivity index (χ3n) is 3.27. The summed E-state index contributed by atoms with van der Waals surface area (Å²) in [5.41, 5.74) is 1.15. The van der Waals surface area contributed by atoms with Crippen LogP contribution in [0.3, 0.4) is 0 Å². The number of hydrogen-bond acceptors (Lipinski definition) is 3. The summed E-state index contributed by atoms with van der Waals surface area (Å²) in [6.45, 7) is 0. The third-order valence-corrected chi connectivity index (χ3v) is 3.27. The second kappa shape index (κ2) is 5.20. The van der Waals surface area contributed by atoms with E-state index in [2.05, 4.69) is 10.3 Å². The number of pyridine rings is 2. The van der Waals surface area contributed by atoms with Gasteiger partial charge in [-0.2, -0.15) is 0 Å². The van der Waals surface area contributed by atoms with Crippen molar-refractivity contribution in [3.63, 3.8) is 0 Å². The maximum atomic E-state index is 12.4. The van der Waals surface area contributed by atoms with Crippen molar-refractivity contribution in [2.24, 2.45) is 0 Å². The van der Waals surface area contributed by atoms with E-state index in [4.69, 9.17) is 0 Å². The average Bonchev–Trinajstić information content (AvgIpc) is 2.55. The van der Waals surface area contributed by atoms with Crippen LogP contribution < -0.4 is 10.7 Å². The Morgan fingerprint density at radius 3 is 2.62 bits per heavy atom. The van der Waals surface area contributed by atoms with Gasteiger partial charge in [-0.3, -0.25) is 9.59 Å². The molecule has 0 fully saturated rings. The fourth-order valence-electron chi connectivity index (χ4n) is 2.24. The first kappa shape index (κ1) is 13.1. The number of carbonyl (C=O) groups is 1. The number of para-hydroxylation sites is 1. The molecule has 0 spiro atoms. The minimum atomic E-state index is -0.407. The highest BCUT2D eigenvalue weighted by Gasteiger charge is 2.15. The number of amides is 1. The van der Waals surface area contributed by atoms with Gasteiger partial charge in [0, 0.05) is 25.1 Å². The summed E-state index contributed by atoms with van der Waals surface area (Å²) in [7, 11) is 1.50. The number of nitrogens with zero attached hydrogens (tertiary/aromatic N) is 2. The Bertz CT molecular complexity index is 870. The van der Waals surface area contributed by atoms with Crippen molar-refractivity contribution in [2.45, 2.75) is 0 Å². The van der Waals surface area contributed by atoms with Crippen LogP contribution in [-0.2, 0) is 0 Å². The second-order valence-electron chi connectivity index (χ2n) is 4.53. The molecule has 0 unspecified atom stereocenters. The van der Waals surface area contributed by atoms with Gasteiger partial charge < -0.3 is 9.88 Å². The molecule has 1 aromatic carbocycles. The molecule has 0 saturated heterocycles. The van der Waals surface area contributed by atoms with E-state index in [1.807, 2.05) is 30.3 Å². The van der Waals surface area contributed by atoms with Crippen LogP contribution in [0, 0.1) is 0 Å². The first-order valence-corrected chi connectivity index (χ1v) is 6.50. The SMILES string of the molecule is CNC(=O)c1cn(-c2ccccc2)c2ncccc2c1=O. The number of aromatic nitrogens is 2. The fourth-order valence-corrected chi connectivity index (χ4v) is 2.24. The molecule has 1 amide bonds. The molecule has 0 radical (unpaired) electrons. The van der Waals surface area contributed by atoms with Crippen LogP contribution in [0.1, 0.15) is 10.4 Å². The molecule has 3 aromatic rings. The summed E-state index contributed by atoms with van der Waals surface area (Å²) >= 11 is 0. The van der Waals surface area contributed by atoms with E-state index in [0.717, 1.165) is 5.69 Å². The molecule has 5 nitrogen and oxygen atoms in total. The highest BCUT2D eigenvalue weighted by molar-refractivity contribution is 5.96. The zero-order chi connectivity index (χ0) is 14.8. The molecule has 2 aromatic heterocycles. The Morgan fingerprint density at radius 1 is 1.14 bits per heavy atom.